The third-order valence-electron chi connectivity index (χ3n) is 0.608. The van der Waals surface area contributed by atoms with Gasteiger partial charge in [0.2, 0.25) is 0 Å². The summed E-state index contributed by atoms with van der Waals surface area (Å²) in [6, 6.07) is 0. The Morgan fingerprint density at radius 3 is 2.00 bits per heavy atom. The van der Waals surface area contributed by atoms with E-state index in [1.807, 2.05) is 0 Å². The van der Waals surface area contributed by atoms with Gasteiger partial charge in [-0.1, -0.05) is 0 Å². The number of hydrogen-bond acceptors (Lipinski definition) is 4. The molecular formula is C4H4O5. The van der Waals surface area contributed by atoms with E-state index in [-0.39, 0.29) is 6.29 Å². The second-order valence-corrected chi connectivity index (χ2v) is 1.25. The molecule has 1 atom stereocenters. The molecule has 0 aromatic heterocycles. The first-order chi connectivity index (χ1) is 4.09. The van der Waals surface area contributed by atoms with Crippen LogP contribution in [-0.4, -0.2) is 34.4 Å². The first-order valence-corrected chi connectivity index (χ1v) is 2.00. The van der Waals surface area contributed by atoms with Crippen LogP contribution in [0.25, 0.3) is 0 Å². The van der Waals surface area contributed by atoms with Gasteiger partial charge >= 0.3 is 5.97 Å². The number of carbonyl (C=O) groups excluding carboxylic acids is 2. The fourth-order valence-electron chi connectivity index (χ4n) is 0.188. The van der Waals surface area contributed by atoms with Gasteiger partial charge in [-0.25, -0.2) is 4.79 Å². The summed E-state index contributed by atoms with van der Waals surface area (Å²) in [5.74, 6) is -3.32. The Bertz CT molecular complexity index is 149. The van der Waals surface area contributed by atoms with Gasteiger partial charge in [-0.15, -0.1) is 0 Å². The van der Waals surface area contributed by atoms with Crippen LogP contribution in [0.15, 0.2) is 0 Å². The van der Waals surface area contributed by atoms with Gasteiger partial charge in [-0.2, -0.15) is 0 Å². The van der Waals surface area contributed by atoms with Crippen LogP contribution in [0.2, 0.25) is 0 Å². The lowest BCUT2D eigenvalue weighted by molar-refractivity contribution is -0.154. The number of aliphatic carboxylic acids is 1. The largest absolute Gasteiger partial charge is 0.475 e. The van der Waals surface area contributed by atoms with Gasteiger partial charge in [-0.3, -0.25) is 9.59 Å². The quantitative estimate of drug-likeness (QED) is 0.268. The lowest BCUT2D eigenvalue weighted by Crippen LogP contribution is -2.28. The van der Waals surface area contributed by atoms with E-state index < -0.39 is 17.9 Å². The van der Waals surface area contributed by atoms with Crippen molar-refractivity contribution in [1.82, 2.24) is 0 Å². The predicted octanol–water partition coefficient (Wildman–Crippen LogP) is -1.80. The first-order valence-electron chi connectivity index (χ1n) is 2.00. The van der Waals surface area contributed by atoms with Crippen molar-refractivity contribution in [2.24, 2.45) is 0 Å². The van der Waals surface area contributed by atoms with Gasteiger partial charge in [0.15, 0.2) is 12.4 Å². The minimum absolute atomic E-state index is 0.142. The van der Waals surface area contributed by atoms with Gasteiger partial charge in [-0.05, 0) is 0 Å². The summed E-state index contributed by atoms with van der Waals surface area (Å²) in [6.45, 7) is 0. The molecule has 0 saturated heterocycles. The first kappa shape index (κ1) is 7.77. The molecule has 50 valence electrons. The van der Waals surface area contributed by atoms with Crippen molar-refractivity contribution < 1.29 is 24.6 Å². The Hall–Kier alpha value is -1.23. The van der Waals surface area contributed by atoms with Crippen LogP contribution in [0.4, 0.5) is 0 Å². The molecule has 0 heterocycles. The van der Waals surface area contributed by atoms with Crippen LogP contribution < -0.4 is 0 Å². The number of ketones is 1. The minimum Gasteiger partial charge on any atom is -0.475 e. The third-order valence-corrected chi connectivity index (χ3v) is 0.608. The van der Waals surface area contributed by atoms with Crippen molar-refractivity contribution in [2.75, 3.05) is 0 Å². The molecule has 0 aliphatic carbocycles. The zero-order valence-electron chi connectivity index (χ0n) is 4.27. The number of aldehydes is 1. The molecule has 0 aliphatic heterocycles. The van der Waals surface area contributed by atoms with E-state index in [0.717, 1.165) is 0 Å². The maximum atomic E-state index is 9.99. The molecule has 0 rings (SSSR count). The Morgan fingerprint density at radius 1 is 1.44 bits per heavy atom. The lowest BCUT2D eigenvalue weighted by Gasteiger charge is -1.92. The topological polar surface area (TPSA) is 91.7 Å². The molecule has 5 nitrogen and oxygen atoms in total. The minimum atomic E-state index is -2.03. The predicted molar refractivity (Wildman–Crippen MR) is 24.7 cm³/mol. The molecule has 0 saturated carbocycles. The molecular weight excluding hydrogens is 128 g/mol. The number of rotatable bonds is 3. The van der Waals surface area contributed by atoms with E-state index >= 15 is 0 Å². The molecule has 0 aromatic rings. The highest BCUT2D eigenvalue weighted by molar-refractivity contribution is 6.37. The van der Waals surface area contributed by atoms with Crippen molar-refractivity contribution in [3.05, 3.63) is 0 Å². The van der Waals surface area contributed by atoms with Crippen molar-refractivity contribution in [1.29, 1.82) is 0 Å². The molecule has 0 spiro atoms. The van der Waals surface area contributed by atoms with Gasteiger partial charge in [0.1, 0.15) is 0 Å². The van der Waals surface area contributed by atoms with E-state index in [1.54, 1.807) is 0 Å². The molecule has 0 aromatic carbocycles. The molecule has 0 radical (unpaired) electrons. The highest BCUT2D eigenvalue weighted by Crippen LogP contribution is 1.79. The standard InChI is InChI=1S/C4H4O5/c5-1-2(6)3(7)4(8)9/h1-2,6H,(H,8,9). The number of hydrogen-bond donors (Lipinski definition) is 2. The Labute approximate surface area is 49.9 Å². The molecule has 1 unspecified atom stereocenters. The highest BCUT2D eigenvalue weighted by Gasteiger charge is 2.20. The average molecular weight is 132 g/mol. The maximum absolute atomic E-state index is 9.99. The molecule has 2 N–H and O–H groups in total. The number of carbonyl (C=O) groups is 3. The summed E-state index contributed by atoms with van der Waals surface area (Å²) in [5, 5.41) is 16.0. The van der Waals surface area contributed by atoms with Gasteiger partial charge < -0.3 is 10.2 Å². The number of aliphatic hydroxyl groups is 1. The molecule has 5 heteroatoms. The monoisotopic (exact) mass is 132 g/mol. The second kappa shape index (κ2) is 2.93. The van der Waals surface area contributed by atoms with Gasteiger partial charge in [0, 0.05) is 0 Å². The molecule has 0 amide bonds. The van der Waals surface area contributed by atoms with Crippen LogP contribution in [0.1, 0.15) is 0 Å². The smallest absolute Gasteiger partial charge is 0.375 e. The number of carboxylic acids is 1. The zero-order valence-corrected chi connectivity index (χ0v) is 4.27. The normalized spacial score (nSPS) is 12.1. The van der Waals surface area contributed by atoms with E-state index in [0.29, 0.717) is 0 Å². The van der Waals surface area contributed by atoms with Crippen LogP contribution in [0.5, 0.6) is 0 Å². The lowest BCUT2D eigenvalue weighted by atomic mass is 10.2. The highest BCUT2D eigenvalue weighted by atomic mass is 16.4. The average Bonchev–Trinajstić information content (AvgIpc) is 1.84. The fraction of sp³-hybridized carbons (Fsp3) is 0.250. The van der Waals surface area contributed by atoms with E-state index in [2.05, 4.69) is 0 Å². The Morgan fingerprint density at radius 2 is 1.89 bits per heavy atom. The number of carboxylic acid groups (broad SMARTS) is 1. The summed E-state index contributed by atoms with van der Waals surface area (Å²) in [7, 11) is 0. The fourth-order valence-corrected chi connectivity index (χ4v) is 0.188. The van der Waals surface area contributed by atoms with Crippen LogP contribution in [0.3, 0.4) is 0 Å². The number of aliphatic hydroxyl groups excluding tert-OH is 1. The van der Waals surface area contributed by atoms with E-state index in [9.17, 15) is 14.4 Å². The Balaban J connectivity index is 4.03. The van der Waals surface area contributed by atoms with Gasteiger partial charge in [0.25, 0.3) is 5.78 Å². The molecule has 0 bridgehead atoms. The van der Waals surface area contributed by atoms with E-state index in [1.165, 1.54) is 0 Å². The maximum Gasteiger partial charge on any atom is 0.375 e. The summed E-state index contributed by atoms with van der Waals surface area (Å²) in [4.78, 5) is 29.1. The van der Waals surface area contributed by atoms with Crippen LogP contribution >= 0.6 is 0 Å². The molecule has 9 heavy (non-hydrogen) atoms. The van der Waals surface area contributed by atoms with Crippen molar-refractivity contribution >= 4 is 18.0 Å². The van der Waals surface area contributed by atoms with Crippen molar-refractivity contribution in [3.8, 4) is 0 Å². The zero-order chi connectivity index (χ0) is 7.44. The number of Topliss-reactive ketones (excluding diaryl/α,β-unsaturated/α-hetero) is 1. The van der Waals surface area contributed by atoms with E-state index in [4.69, 9.17) is 10.2 Å². The summed E-state index contributed by atoms with van der Waals surface area (Å²) < 4.78 is 0. The second-order valence-electron chi connectivity index (χ2n) is 1.25. The summed E-state index contributed by atoms with van der Waals surface area (Å²) in [5.41, 5.74) is 0. The van der Waals surface area contributed by atoms with Gasteiger partial charge in [0.05, 0.1) is 0 Å². The molecule has 0 fully saturated rings. The van der Waals surface area contributed by atoms with Crippen molar-refractivity contribution in [3.63, 3.8) is 0 Å². The summed E-state index contributed by atoms with van der Waals surface area (Å²) >= 11 is 0. The van der Waals surface area contributed by atoms with Crippen LogP contribution in [0, 0.1) is 0 Å². The Kier molecular flexibility index (Phi) is 2.53. The SMILES string of the molecule is O=CC(O)C(=O)C(=O)O. The molecule has 0 aliphatic rings. The third kappa shape index (κ3) is 2.00. The van der Waals surface area contributed by atoms with Crippen LogP contribution in [-0.2, 0) is 14.4 Å². The van der Waals surface area contributed by atoms with Crippen molar-refractivity contribution in [2.45, 2.75) is 6.10 Å². The summed E-state index contributed by atoms with van der Waals surface area (Å²) in [6.07, 6.45) is -2.17.